The normalized spacial score (nSPS) is 12.9. The van der Waals surface area contributed by atoms with Crippen LogP contribution in [0.15, 0.2) is 70.6 Å². The fraction of sp³-hybridized carbons (Fsp3) is 0.167. The molecule has 0 aliphatic rings. The first kappa shape index (κ1) is 17.8. The summed E-state index contributed by atoms with van der Waals surface area (Å²) in [4.78, 5) is 4.30. The fourth-order valence-corrected chi connectivity index (χ4v) is 4.59. The first-order chi connectivity index (χ1) is 11.9. The van der Waals surface area contributed by atoms with Crippen molar-refractivity contribution in [3.63, 3.8) is 0 Å². The van der Waals surface area contributed by atoms with Gasteiger partial charge in [-0.25, -0.2) is 18.1 Å². The highest BCUT2D eigenvalue weighted by Gasteiger charge is 2.20. The molecule has 130 valence electrons. The largest absolute Gasteiger partial charge is 0.306 e. The maximum atomic E-state index is 12.7. The zero-order chi connectivity index (χ0) is 18.0. The maximum absolute atomic E-state index is 12.7. The van der Waals surface area contributed by atoms with E-state index < -0.39 is 10.0 Å². The highest BCUT2D eigenvalue weighted by Crippen LogP contribution is 2.23. The van der Waals surface area contributed by atoms with Crippen LogP contribution in [-0.4, -0.2) is 18.0 Å². The van der Waals surface area contributed by atoms with Gasteiger partial charge in [-0.2, -0.15) is 0 Å². The Labute approximate surface area is 155 Å². The van der Waals surface area contributed by atoms with E-state index in [0.29, 0.717) is 5.56 Å². The maximum Gasteiger partial charge on any atom is 0.241 e. The van der Waals surface area contributed by atoms with E-state index in [4.69, 9.17) is 0 Å². The van der Waals surface area contributed by atoms with Crippen LogP contribution in [0.3, 0.4) is 0 Å². The van der Waals surface area contributed by atoms with Crippen molar-refractivity contribution in [2.75, 3.05) is 0 Å². The number of imidazole rings is 1. The molecular formula is C18H18BrN3O2S. The van der Waals surface area contributed by atoms with E-state index in [1.165, 1.54) is 0 Å². The Hall–Kier alpha value is -1.96. The average molecular weight is 420 g/mol. The SMILES string of the molecule is Cc1ccc(Br)cc1S(=O)(=O)NC(C)c1ccc(-n2ccnc2)cc1. The van der Waals surface area contributed by atoms with Gasteiger partial charge in [0.2, 0.25) is 10.0 Å². The van der Waals surface area contributed by atoms with E-state index in [1.54, 1.807) is 31.6 Å². The molecule has 3 rings (SSSR count). The highest BCUT2D eigenvalue weighted by atomic mass is 79.9. The van der Waals surface area contributed by atoms with Gasteiger partial charge in [-0.15, -0.1) is 0 Å². The number of rotatable bonds is 5. The van der Waals surface area contributed by atoms with Crippen molar-refractivity contribution in [3.8, 4) is 5.69 Å². The van der Waals surface area contributed by atoms with Crippen molar-refractivity contribution < 1.29 is 8.42 Å². The van der Waals surface area contributed by atoms with E-state index in [1.807, 2.05) is 48.0 Å². The van der Waals surface area contributed by atoms with Gasteiger partial charge in [-0.3, -0.25) is 0 Å². The van der Waals surface area contributed by atoms with Crippen molar-refractivity contribution in [2.24, 2.45) is 0 Å². The minimum Gasteiger partial charge on any atom is -0.306 e. The van der Waals surface area contributed by atoms with Gasteiger partial charge in [-0.1, -0.05) is 34.1 Å². The summed E-state index contributed by atoms with van der Waals surface area (Å²) in [6, 6.07) is 12.6. The molecule has 0 aliphatic carbocycles. The van der Waals surface area contributed by atoms with Crippen molar-refractivity contribution in [1.29, 1.82) is 0 Å². The van der Waals surface area contributed by atoms with Crippen LogP contribution in [0.5, 0.6) is 0 Å². The zero-order valence-corrected chi connectivity index (χ0v) is 16.3. The van der Waals surface area contributed by atoms with E-state index in [9.17, 15) is 8.42 Å². The summed E-state index contributed by atoms with van der Waals surface area (Å²) >= 11 is 3.33. The first-order valence-corrected chi connectivity index (χ1v) is 10.0. The molecule has 25 heavy (non-hydrogen) atoms. The molecule has 1 N–H and O–H groups in total. The van der Waals surface area contributed by atoms with Crippen LogP contribution in [0.2, 0.25) is 0 Å². The van der Waals surface area contributed by atoms with E-state index in [2.05, 4.69) is 25.6 Å². The molecule has 1 heterocycles. The molecule has 0 bridgehead atoms. The fourth-order valence-electron chi connectivity index (χ4n) is 2.57. The third kappa shape index (κ3) is 4.00. The van der Waals surface area contributed by atoms with Crippen LogP contribution in [0.25, 0.3) is 5.69 Å². The van der Waals surface area contributed by atoms with E-state index in [-0.39, 0.29) is 10.9 Å². The molecule has 0 spiro atoms. The van der Waals surface area contributed by atoms with Crippen LogP contribution in [0.4, 0.5) is 0 Å². The Balaban J connectivity index is 1.81. The number of nitrogens with zero attached hydrogens (tertiary/aromatic N) is 2. The second-order valence-corrected chi connectivity index (χ2v) is 8.41. The molecule has 1 unspecified atom stereocenters. The zero-order valence-electron chi connectivity index (χ0n) is 13.8. The van der Waals surface area contributed by atoms with Gasteiger partial charge in [0.05, 0.1) is 11.2 Å². The predicted octanol–water partition coefficient (Wildman–Crippen LogP) is 3.98. The number of benzene rings is 2. The number of hydrogen-bond donors (Lipinski definition) is 1. The van der Waals surface area contributed by atoms with Gasteiger partial charge in [0, 0.05) is 28.6 Å². The second kappa shape index (κ2) is 7.11. The Morgan fingerprint density at radius 2 is 1.88 bits per heavy atom. The summed E-state index contributed by atoms with van der Waals surface area (Å²) < 4.78 is 30.8. The lowest BCUT2D eigenvalue weighted by Gasteiger charge is -2.16. The summed E-state index contributed by atoms with van der Waals surface area (Å²) in [6.45, 7) is 3.61. The van der Waals surface area contributed by atoms with Crippen molar-refractivity contribution in [2.45, 2.75) is 24.8 Å². The molecule has 0 saturated heterocycles. The van der Waals surface area contributed by atoms with Crippen LogP contribution >= 0.6 is 15.9 Å². The number of sulfonamides is 1. The van der Waals surface area contributed by atoms with Crippen molar-refractivity contribution >= 4 is 26.0 Å². The number of hydrogen-bond acceptors (Lipinski definition) is 3. The van der Waals surface area contributed by atoms with Gasteiger partial charge in [-0.05, 0) is 49.2 Å². The smallest absolute Gasteiger partial charge is 0.241 e. The van der Waals surface area contributed by atoms with Crippen LogP contribution in [0.1, 0.15) is 24.1 Å². The summed E-state index contributed by atoms with van der Waals surface area (Å²) in [5.74, 6) is 0. The summed E-state index contributed by atoms with van der Waals surface area (Å²) in [5, 5.41) is 0. The lowest BCUT2D eigenvalue weighted by Crippen LogP contribution is -2.27. The Bertz CT molecular complexity index is 968. The Morgan fingerprint density at radius 3 is 2.52 bits per heavy atom. The minimum absolute atomic E-state index is 0.281. The summed E-state index contributed by atoms with van der Waals surface area (Å²) in [5.41, 5.74) is 2.57. The van der Waals surface area contributed by atoms with Gasteiger partial charge in [0.1, 0.15) is 0 Å². The quantitative estimate of drug-likeness (QED) is 0.679. The van der Waals surface area contributed by atoms with Crippen LogP contribution in [-0.2, 0) is 10.0 Å². The highest BCUT2D eigenvalue weighted by molar-refractivity contribution is 9.10. The molecule has 0 radical (unpaired) electrons. The van der Waals surface area contributed by atoms with E-state index in [0.717, 1.165) is 15.7 Å². The second-order valence-electron chi connectivity index (χ2n) is 5.81. The van der Waals surface area contributed by atoms with Crippen molar-refractivity contribution in [3.05, 3.63) is 76.8 Å². The molecule has 2 aromatic carbocycles. The molecule has 0 aliphatic heterocycles. The molecule has 1 atom stereocenters. The molecule has 1 aromatic heterocycles. The van der Waals surface area contributed by atoms with Crippen LogP contribution < -0.4 is 4.72 Å². The van der Waals surface area contributed by atoms with Crippen LogP contribution in [0, 0.1) is 6.92 Å². The Kier molecular flexibility index (Phi) is 5.08. The number of halogens is 1. The average Bonchev–Trinajstić information content (AvgIpc) is 3.11. The van der Waals surface area contributed by atoms with Gasteiger partial charge in [0.15, 0.2) is 0 Å². The summed E-state index contributed by atoms with van der Waals surface area (Å²) in [6.07, 6.45) is 5.29. The molecule has 0 amide bonds. The predicted molar refractivity (Wildman–Crippen MR) is 101 cm³/mol. The lowest BCUT2D eigenvalue weighted by molar-refractivity contribution is 0.566. The summed E-state index contributed by atoms with van der Waals surface area (Å²) in [7, 11) is -3.61. The van der Waals surface area contributed by atoms with E-state index >= 15 is 0 Å². The standard InChI is InChI=1S/C18H18BrN3O2S/c1-13-3-6-16(19)11-18(13)25(23,24)21-14(2)15-4-7-17(8-5-15)22-10-9-20-12-22/h3-12,14,21H,1-2H3. The number of aryl methyl sites for hydroxylation is 1. The Morgan fingerprint density at radius 1 is 1.16 bits per heavy atom. The molecule has 0 saturated carbocycles. The first-order valence-electron chi connectivity index (χ1n) is 7.73. The van der Waals surface area contributed by atoms with Gasteiger partial charge >= 0.3 is 0 Å². The number of nitrogens with one attached hydrogen (secondary N) is 1. The topological polar surface area (TPSA) is 64.0 Å². The third-order valence-electron chi connectivity index (χ3n) is 3.97. The molecular weight excluding hydrogens is 402 g/mol. The minimum atomic E-state index is -3.61. The molecule has 3 aromatic rings. The van der Waals surface area contributed by atoms with Gasteiger partial charge in [0.25, 0.3) is 0 Å². The van der Waals surface area contributed by atoms with Gasteiger partial charge < -0.3 is 4.57 Å². The lowest BCUT2D eigenvalue weighted by atomic mass is 10.1. The number of aromatic nitrogens is 2. The molecule has 0 fully saturated rings. The molecule has 5 nitrogen and oxygen atoms in total. The monoisotopic (exact) mass is 419 g/mol. The molecule has 7 heteroatoms. The third-order valence-corrected chi connectivity index (χ3v) is 6.14. The van der Waals surface area contributed by atoms with Crippen molar-refractivity contribution in [1.82, 2.24) is 14.3 Å².